The highest BCUT2D eigenvalue weighted by Gasteiger charge is 2.11. The van der Waals surface area contributed by atoms with E-state index in [4.69, 9.17) is 0 Å². The molecule has 0 spiro atoms. The minimum atomic E-state index is -3.36. The van der Waals surface area contributed by atoms with Gasteiger partial charge in [-0.3, -0.25) is 9.52 Å². The summed E-state index contributed by atoms with van der Waals surface area (Å²) in [7, 11) is -1.65. The molecule has 5 nitrogen and oxygen atoms in total. The Morgan fingerprint density at radius 1 is 1.04 bits per heavy atom. The van der Waals surface area contributed by atoms with E-state index < -0.39 is 10.0 Å². The molecule has 1 N–H and O–H groups in total. The van der Waals surface area contributed by atoms with Crippen LogP contribution in [0.25, 0.3) is 21.9 Å². The van der Waals surface area contributed by atoms with E-state index >= 15 is 0 Å². The summed E-state index contributed by atoms with van der Waals surface area (Å²) >= 11 is 0. The fraction of sp³-hybridized carbons (Fsp3) is 0.167. The molecule has 0 aliphatic rings. The van der Waals surface area contributed by atoms with E-state index in [0.717, 1.165) is 28.3 Å². The smallest absolute Gasteiger partial charge is 0.258 e. The van der Waals surface area contributed by atoms with Crippen LogP contribution >= 0.6 is 0 Å². The predicted molar refractivity (Wildman–Crippen MR) is 97.8 cm³/mol. The lowest BCUT2D eigenvalue weighted by Crippen LogP contribution is -2.16. The highest BCUT2D eigenvalue weighted by atomic mass is 32.2. The molecule has 0 bridgehead atoms. The van der Waals surface area contributed by atoms with Crippen molar-refractivity contribution in [3.05, 3.63) is 64.6 Å². The highest BCUT2D eigenvalue weighted by Crippen LogP contribution is 2.30. The lowest BCUT2D eigenvalue weighted by Gasteiger charge is -2.13. The maximum atomic E-state index is 12.3. The Morgan fingerprint density at radius 3 is 2.38 bits per heavy atom. The summed E-state index contributed by atoms with van der Waals surface area (Å²) < 4.78 is 27.2. The van der Waals surface area contributed by atoms with Crippen molar-refractivity contribution < 1.29 is 8.42 Å². The van der Waals surface area contributed by atoms with Crippen LogP contribution in [-0.4, -0.2) is 19.2 Å². The Balaban J connectivity index is 2.27. The molecule has 1 aromatic heterocycles. The zero-order chi connectivity index (χ0) is 17.5. The van der Waals surface area contributed by atoms with Crippen LogP contribution in [0.4, 0.5) is 5.69 Å². The molecule has 1 heterocycles. The maximum absolute atomic E-state index is 12.3. The molecular weight excluding hydrogens is 324 g/mol. The fourth-order valence-electron chi connectivity index (χ4n) is 2.75. The average molecular weight is 342 g/mol. The predicted octanol–water partition coefficient (Wildman–Crippen LogP) is 2.89. The third-order valence-electron chi connectivity index (χ3n) is 3.93. The Bertz CT molecular complexity index is 1100. The van der Waals surface area contributed by atoms with Crippen molar-refractivity contribution in [2.75, 3.05) is 11.0 Å². The van der Waals surface area contributed by atoms with Gasteiger partial charge in [0.15, 0.2) is 0 Å². The minimum absolute atomic E-state index is 0.0593. The first kappa shape index (κ1) is 16.3. The molecule has 0 saturated heterocycles. The summed E-state index contributed by atoms with van der Waals surface area (Å²) in [4.78, 5) is 12.3. The van der Waals surface area contributed by atoms with Crippen LogP contribution in [0.1, 0.15) is 5.56 Å². The van der Waals surface area contributed by atoms with Gasteiger partial charge < -0.3 is 4.57 Å². The summed E-state index contributed by atoms with van der Waals surface area (Å²) in [6.45, 7) is 1.84. The van der Waals surface area contributed by atoms with Gasteiger partial charge in [-0.2, -0.15) is 0 Å². The van der Waals surface area contributed by atoms with Gasteiger partial charge in [-0.05, 0) is 35.6 Å². The van der Waals surface area contributed by atoms with Gasteiger partial charge in [0, 0.05) is 24.2 Å². The molecular formula is C18H18N2O3S. The summed E-state index contributed by atoms with van der Waals surface area (Å²) in [5.41, 5.74) is 3.03. The third kappa shape index (κ3) is 3.05. The molecule has 0 unspecified atom stereocenters. The third-order valence-corrected chi connectivity index (χ3v) is 4.53. The van der Waals surface area contributed by atoms with Crippen LogP contribution in [0.5, 0.6) is 0 Å². The Labute approximate surface area is 140 Å². The second-order valence-electron chi connectivity index (χ2n) is 5.91. The van der Waals surface area contributed by atoms with Crippen molar-refractivity contribution in [2.45, 2.75) is 6.92 Å². The molecule has 0 atom stereocenters. The van der Waals surface area contributed by atoms with E-state index in [1.54, 1.807) is 29.9 Å². The van der Waals surface area contributed by atoms with Crippen LogP contribution in [0.15, 0.2) is 53.5 Å². The van der Waals surface area contributed by atoms with Crippen LogP contribution in [-0.2, 0) is 17.1 Å². The first-order valence-electron chi connectivity index (χ1n) is 7.43. The van der Waals surface area contributed by atoms with Crippen molar-refractivity contribution >= 4 is 26.5 Å². The fourth-order valence-corrected chi connectivity index (χ4v) is 3.36. The number of nitrogens with one attached hydrogen (secondary N) is 1. The molecule has 0 aliphatic carbocycles. The summed E-state index contributed by atoms with van der Waals surface area (Å²) in [5.74, 6) is 0. The van der Waals surface area contributed by atoms with E-state index in [-0.39, 0.29) is 5.56 Å². The molecule has 0 fully saturated rings. The molecule has 0 radical (unpaired) electrons. The van der Waals surface area contributed by atoms with Crippen molar-refractivity contribution in [3.63, 3.8) is 0 Å². The number of nitrogens with zero attached hydrogens (tertiary/aromatic N) is 1. The zero-order valence-electron chi connectivity index (χ0n) is 13.7. The number of sulfonamides is 1. The number of fused-ring (bicyclic) bond motifs is 1. The van der Waals surface area contributed by atoms with Crippen LogP contribution in [0.3, 0.4) is 0 Å². The number of pyridine rings is 1. The van der Waals surface area contributed by atoms with Crippen LogP contribution < -0.4 is 10.3 Å². The van der Waals surface area contributed by atoms with Gasteiger partial charge in [0.2, 0.25) is 10.0 Å². The van der Waals surface area contributed by atoms with Crippen molar-refractivity contribution in [1.82, 2.24) is 4.57 Å². The number of aromatic nitrogens is 1. The van der Waals surface area contributed by atoms with E-state index in [9.17, 15) is 13.2 Å². The SMILES string of the molecule is Cc1ccc(-c2cn(C)c(=O)c3ccccc23)cc1NS(C)(=O)=O. The average Bonchev–Trinajstić information content (AvgIpc) is 2.52. The van der Waals surface area contributed by atoms with E-state index in [1.807, 2.05) is 37.3 Å². The van der Waals surface area contributed by atoms with Crippen LogP contribution in [0.2, 0.25) is 0 Å². The van der Waals surface area contributed by atoms with Gasteiger partial charge in [-0.25, -0.2) is 8.42 Å². The molecule has 24 heavy (non-hydrogen) atoms. The summed E-state index contributed by atoms with van der Waals surface area (Å²) in [6, 6.07) is 13.0. The van der Waals surface area contributed by atoms with E-state index in [0.29, 0.717) is 11.1 Å². The summed E-state index contributed by atoms with van der Waals surface area (Å²) in [5, 5.41) is 1.48. The van der Waals surface area contributed by atoms with Gasteiger partial charge in [0.1, 0.15) is 0 Å². The quantitative estimate of drug-likeness (QED) is 0.796. The Morgan fingerprint density at radius 2 is 1.71 bits per heavy atom. The number of aryl methyl sites for hydroxylation is 2. The number of benzene rings is 2. The largest absolute Gasteiger partial charge is 0.317 e. The van der Waals surface area contributed by atoms with Crippen molar-refractivity contribution in [1.29, 1.82) is 0 Å². The number of anilines is 1. The van der Waals surface area contributed by atoms with Gasteiger partial charge in [-0.15, -0.1) is 0 Å². The molecule has 124 valence electrons. The van der Waals surface area contributed by atoms with E-state index in [1.165, 1.54) is 0 Å². The second-order valence-corrected chi connectivity index (χ2v) is 7.66. The zero-order valence-corrected chi connectivity index (χ0v) is 14.5. The van der Waals surface area contributed by atoms with Crippen LogP contribution in [0, 0.1) is 6.92 Å². The maximum Gasteiger partial charge on any atom is 0.258 e. The molecule has 3 rings (SSSR count). The van der Waals surface area contributed by atoms with Crippen molar-refractivity contribution in [2.24, 2.45) is 7.05 Å². The standard InChI is InChI=1S/C18H18N2O3S/c1-12-8-9-13(10-17(12)19-24(3,22)23)16-11-20(2)18(21)15-7-5-4-6-14(15)16/h4-11,19H,1-3H3. The molecule has 0 aliphatic heterocycles. The topological polar surface area (TPSA) is 68.2 Å². The van der Waals surface area contributed by atoms with Gasteiger partial charge in [0.05, 0.1) is 11.9 Å². The lowest BCUT2D eigenvalue weighted by molar-refractivity contribution is 0.607. The normalized spacial score (nSPS) is 11.6. The monoisotopic (exact) mass is 342 g/mol. The minimum Gasteiger partial charge on any atom is -0.317 e. The number of hydrogen-bond donors (Lipinski definition) is 1. The first-order chi connectivity index (χ1) is 11.3. The Hall–Kier alpha value is -2.60. The summed E-state index contributed by atoms with van der Waals surface area (Å²) in [6.07, 6.45) is 2.90. The number of hydrogen-bond acceptors (Lipinski definition) is 3. The first-order valence-corrected chi connectivity index (χ1v) is 9.32. The van der Waals surface area contributed by atoms with Gasteiger partial charge in [-0.1, -0.05) is 30.3 Å². The molecule has 6 heteroatoms. The van der Waals surface area contributed by atoms with Crippen molar-refractivity contribution in [3.8, 4) is 11.1 Å². The molecule has 0 saturated carbocycles. The number of rotatable bonds is 3. The van der Waals surface area contributed by atoms with Gasteiger partial charge >= 0.3 is 0 Å². The second kappa shape index (κ2) is 5.79. The Kier molecular flexibility index (Phi) is 3.93. The molecule has 2 aromatic carbocycles. The van der Waals surface area contributed by atoms with E-state index in [2.05, 4.69) is 4.72 Å². The lowest BCUT2D eigenvalue weighted by atomic mass is 9.99. The van der Waals surface area contributed by atoms with Gasteiger partial charge in [0.25, 0.3) is 5.56 Å². The molecule has 3 aromatic rings. The molecule has 0 amide bonds. The highest BCUT2D eigenvalue weighted by molar-refractivity contribution is 7.92.